The molecule has 0 bridgehead atoms. The van der Waals surface area contributed by atoms with Crippen molar-refractivity contribution in [3.8, 4) is 5.75 Å². The Labute approximate surface area is 228 Å². The van der Waals surface area contributed by atoms with Gasteiger partial charge in [-0.25, -0.2) is 4.79 Å². The SMILES string of the molecule is CCN(C)C(=O)Oc1cccc(C(C)N(C)CCN2CCN(C(c3ccccc3)c3ccccc3)CC2)c1. The minimum atomic E-state index is -0.327. The van der Waals surface area contributed by atoms with Crippen LogP contribution in [-0.4, -0.2) is 85.6 Å². The number of carbonyl (C=O) groups is 1. The normalized spacial score (nSPS) is 15.5. The minimum Gasteiger partial charge on any atom is -0.410 e. The molecule has 1 amide bonds. The third-order valence-electron chi connectivity index (χ3n) is 7.76. The maximum atomic E-state index is 12.1. The molecule has 1 aliphatic rings. The number of likely N-dealkylation sites (N-methyl/N-ethyl adjacent to an activating group) is 1. The maximum absolute atomic E-state index is 12.1. The first-order chi connectivity index (χ1) is 18.5. The fourth-order valence-electron chi connectivity index (χ4n) is 5.02. The number of hydrogen-bond acceptors (Lipinski definition) is 5. The predicted octanol–water partition coefficient (Wildman–Crippen LogP) is 5.54. The van der Waals surface area contributed by atoms with Crippen molar-refractivity contribution in [3.05, 3.63) is 102 Å². The summed E-state index contributed by atoms with van der Waals surface area (Å²) in [6.07, 6.45) is -0.327. The Hall–Kier alpha value is -3.19. The monoisotopic (exact) mass is 514 g/mol. The third-order valence-corrected chi connectivity index (χ3v) is 7.76. The summed E-state index contributed by atoms with van der Waals surface area (Å²) < 4.78 is 5.54. The van der Waals surface area contributed by atoms with Gasteiger partial charge in [0.15, 0.2) is 0 Å². The number of rotatable bonds is 10. The topological polar surface area (TPSA) is 39.3 Å². The fourth-order valence-corrected chi connectivity index (χ4v) is 5.02. The van der Waals surface area contributed by atoms with E-state index >= 15 is 0 Å². The summed E-state index contributed by atoms with van der Waals surface area (Å²) in [5.41, 5.74) is 3.86. The van der Waals surface area contributed by atoms with Crippen molar-refractivity contribution >= 4 is 6.09 Å². The summed E-state index contributed by atoms with van der Waals surface area (Å²) in [5.74, 6) is 0.593. The van der Waals surface area contributed by atoms with E-state index in [0.29, 0.717) is 18.3 Å². The van der Waals surface area contributed by atoms with Crippen LogP contribution in [0.5, 0.6) is 5.75 Å². The molecular formula is C32H42N4O2. The van der Waals surface area contributed by atoms with E-state index in [2.05, 4.69) is 95.4 Å². The molecule has 1 saturated heterocycles. The first kappa shape index (κ1) is 27.8. The molecule has 4 rings (SSSR count). The quantitative estimate of drug-likeness (QED) is 0.355. The molecule has 3 aromatic rings. The van der Waals surface area contributed by atoms with E-state index in [-0.39, 0.29) is 12.1 Å². The van der Waals surface area contributed by atoms with Gasteiger partial charge in [0, 0.05) is 58.9 Å². The van der Waals surface area contributed by atoms with Crippen LogP contribution < -0.4 is 4.74 Å². The number of carbonyl (C=O) groups excluding carboxylic acids is 1. The molecule has 1 aliphatic heterocycles. The van der Waals surface area contributed by atoms with Gasteiger partial charge in [-0.2, -0.15) is 0 Å². The smallest absolute Gasteiger partial charge is 0.410 e. The van der Waals surface area contributed by atoms with E-state index < -0.39 is 0 Å². The molecule has 0 N–H and O–H groups in total. The molecule has 1 heterocycles. The Morgan fingerprint density at radius 1 is 0.842 bits per heavy atom. The number of amides is 1. The molecule has 202 valence electrons. The highest BCUT2D eigenvalue weighted by molar-refractivity contribution is 5.70. The Morgan fingerprint density at radius 3 is 2.00 bits per heavy atom. The lowest BCUT2D eigenvalue weighted by molar-refractivity contribution is 0.0980. The average molecular weight is 515 g/mol. The lowest BCUT2D eigenvalue weighted by Crippen LogP contribution is -2.49. The summed E-state index contributed by atoms with van der Waals surface area (Å²) in [5, 5.41) is 0. The molecular weight excluding hydrogens is 472 g/mol. The lowest BCUT2D eigenvalue weighted by Gasteiger charge is -2.40. The highest BCUT2D eigenvalue weighted by Crippen LogP contribution is 2.29. The summed E-state index contributed by atoms with van der Waals surface area (Å²) in [4.78, 5) is 21.3. The van der Waals surface area contributed by atoms with Crippen LogP contribution in [0.1, 0.15) is 42.6 Å². The van der Waals surface area contributed by atoms with Crippen LogP contribution in [0.2, 0.25) is 0 Å². The molecule has 38 heavy (non-hydrogen) atoms. The second kappa shape index (κ2) is 13.6. The van der Waals surface area contributed by atoms with Crippen molar-refractivity contribution in [2.45, 2.75) is 25.9 Å². The zero-order chi connectivity index (χ0) is 26.9. The molecule has 0 aromatic heterocycles. The summed E-state index contributed by atoms with van der Waals surface area (Å²) in [6, 6.07) is 30.1. The van der Waals surface area contributed by atoms with E-state index in [9.17, 15) is 4.79 Å². The number of nitrogens with zero attached hydrogens (tertiary/aromatic N) is 4. The molecule has 3 aromatic carbocycles. The van der Waals surface area contributed by atoms with Crippen LogP contribution in [0.15, 0.2) is 84.9 Å². The molecule has 0 radical (unpaired) electrons. The van der Waals surface area contributed by atoms with E-state index in [1.54, 1.807) is 11.9 Å². The minimum absolute atomic E-state index is 0.222. The van der Waals surface area contributed by atoms with Gasteiger partial charge in [-0.15, -0.1) is 0 Å². The second-order valence-corrected chi connectivity index (χ2v) is 10.2. The number of benzene rings is 3. The van der Waals surface area contributed by atoms with Crippen molar-refractivity contribution in [2.24, 2.45) is 0 Å². The zero-order valence-electron chi connectivity index (χ0n) is 23.3. The maximum Gasteiger partial charge on any atom is 0.414 e. The lowest BCUT2D eigenvalue weighted by atomic mass is 9.96. The average Bonchev–Trinajstić information content (AvgIpc) is 2.97. The Kier molecular flexibility index (Phi) is 9.93. The van der Waals surface area contributed by atoms with Gasteiger partial charge in [-0.05, 0) is 49.7 Å². The van der Waals surface area contributed by atoms with Crippen molar-refractivity contribution < 1.29 is 9.53 Å². The number of piperazine rings is 1. The highest BCUT2D eigenvalue weighted by Gasteiger charge is 2.26. The van der Waals surface area contributed by atoms with Crippen molar-refractivity contribution in [3.63, 3.8) is 0 Å². The second-order valence-electron chi connectivity index (χ2n) is 10.2. The molecule has 0 aliphatic carbocycles. The molecule has 6 heteroatoms. The van der Waals surface area contributed by atoms with Crippen LogP contribution in [0.25, 0.3) is 0 Å². The summed E-state index contributed by atoms with van der Waals surface area (Å²) in [6.45, 7) is 11.0. The van der Waals surface area contributed by atoms with Gasteiger partial charge >= 0.3 is 6.09 Å². The first-order valence-corrected chi connectivity index (χ1v) is 13.8. The fraction of sp³-hybridized carbons (Fsp3) is 0.406. The van der Waals surface area contributed by atoms with Gasteiger partial charge in [0.05, 0.1) is 6.04 Å². The first-order valence-electron chi connectivity index (χ1n) is 13.8. The van der Waals surface area contributed by atoms with Gasteiger partial charge in [0.2, 0.25) is 0 Å². The molecule has 6 nitrogen and oxygen atoms in total. The van der Waals surface area contributed by atoms with Crippen LogP contribution in [0, 0.1) is 0 Å². The molecule has 1 unspecified atom stereocenters. The van der Waals surface area contributed by atoms with Crippen LogP contribution in [-0.2, 0) is 0 Å². The molecule has 1 atom stereocenters. The highest BCUT2D eigenvalue weighted by atomic mass is 16.6. The number of hydrogen-bond donors (Lipinski definition) is 0. The largest absolute Gasteiger partial charge is 0.414 e. The van der Waals surface area contributed by atoms with Gasteiger partial charge in [0.1, 0.15) is 5.75 Å². The van der Waals surface area contributed by atoms with Crippen LogP contribution in [0.4, 0.5) is 4.79 Å². The zero-order valence-corrected chi connectivity index (χ0v) is 23.3. The number of ether oxygens (including phenoxy) is 1. The van der Waals surface area contributed by atoms with Crippen molar-refractivity contribution in [1.82, 2.24) is 19.6 Å². The summed E-state index contributed by atoms with van der Waals surface area (Å²) in [7, 11) is 3.91. The van der Waals surface area contributed by atoms with Gasteiger partial charge < -0.3 is 9.64 Å². The molecule has 1 fully saturated rings. The standard InChI is InChI=1S/C32H42N4O2/c1-5-33(3)32(37)38-30-18-12-17-29(25-30)26(2)34(4)19-20-35-21-23-36(24-22-35)31(27-13-8-6-9-14-27)28-15-10-7-11-16-28/h6-18,25-26,31H,5,19-24H2,1-4H3. The van der Waals surface area contributed by atoms with Crippen LogP contribution >= 0.6 is 0 Å². The third kappa shape index (κ3) is 7.22. The summed E-state index contributed by atoms with van der Waals surface area (Å²) >= 11 is 0. The Bertz CT molecular complexity index is 1090. The van der Waals surface area contributed by atoms with E-state index in [1.165, 1.54) is 11.1 Å². The van der Waals surface area contributed by atoms with Crippen molar-refractivity contribution in [1.29, 1.82) is 0 Å². The van der Waals surface area contributed by atoms with Gasteiger partial charge in [-0.3, -0.25) is 14.7 Å². The Balaban J connectivity index is 1.30. The molecule has 0 saturated carbocycles. The Morgan fingerprint density at radius 2 is 1.42 bits per heavy atom. The van der Waals surface area contributed by atoms with E-state index in [0.717, 1.165) is 44.8 Å². The van der Waals surface area contributed by atoms with Crippen molar-refractivity contribution in [2.75, 3.05) is 59.9 Å². The predicted molar refractivity (Wildman–Crippen MR) is 155 cm³/mol. The van der Waals surface area contributed by atoms with Gasteiger partial charge in [0.25, 0.3) is 0 Å². The van der Waals surface area contributed by atoms with E-state index in [4.69, 9.17) is 4.74 Å². The van der Waals surface area contributed by atoms with Gasteiger partial charge in [-0.1, -0.05) is 72.8 Å². The van der Waals surface area contributed by atoms with Crippen LogP contribution in [0.3, 0.4) is 0 Å². The van der Waals surface area contributed by atoms with E-state index in [1.807, 2.05) is 25.1 Å². The molecule has 0 spiro atoms.